The summed E-state index contributed by atoms with van der Waals surface area (Å²) in [5.74, 6) is -0.392. The molecule has 5 nitrogen and oxygen atoms in total. The first-order chi connectivity index (χ1) is 14.2. The molecule has 0 aliphatic carbocycles. The molecule has 2 amide bonds. The minimum absolute atomic E-state index is 0.114. The zero-order valence-electron chi connectivity index (χ0n) is 15.9. The van der Waals surface area contributed by atoms with Crippen LogP contribution in [0.3, 0.4) is 0 Å². The zero-order valence-corrected chi connectivity index (χ0v) is 15.9. The number of benzene rings is 3. The first-order valence-electron chi connectivity index (χ1n) is 9.59. The van der Waals surface area contributed by atoms with E-state index in [1.54, 1.807) is 12.1 Å². The molecule has 29 heavy (non-hydrogen) atoms. The lowest BCUT2D eigenvalue weighted by molar-refractivity contribution is -0.118. The summed E-state index contributed by atoms with van der Waals surface area (Å²) in [6.07, 6.45) is 1.31. The number of carbonyl (C=O) groups is 2. The second-order valence-electron chi connectivity index (χ2n) is 6.86. The van der Waals surface area contributed by atoms with E-state index in [9.17, 15) is 9.59 Å². The normalized spacial score (nSPS) is 13.7. The highest BCUT2D eigenvalue weighted by atomic mass is 16.2. The third-order valence-corrected chi connectivity index (χ3v) is 4.80. The highest BCUT2D eigenvalue weighted by molar-refractivity contribution is 6.44. The molecule has 1 aliphatic heterocycles. The third kappa shape index (κ3) is 4.41. The van der Waals surface area contributed by atoms with E-state index in [0.717, 1.165) is 17.7 Å². The van der Waals surface area contributed by atoms with Gasteiger partial charge in [0.15, 0.2) is 0 Å². The van der Waals surface area contributed by atoms with Crippen LogP contribution in [0.2, 0.25) is 0 Å². The summed E-state index contributed by atoms with van der Waals surface area (Å²) >= 11 is 0. The van der Waals surface area contributed by atoms with Gasteiger partial charge in [0.05, 0.1) is 5.69 Å². The fraction of sp³-hybridized carbons (Fsp3) is 0.125. The van der Waals surface area contributed by atoms with Crippen LogP contribution < -0.4 is 10.3 Å². The molecule has 0 spiro atoms. The Bertz CT molecular complexity index is 1050. The number of hydrogen-bond donors (Lipinski definition) is 1. The number of hydrazone groups is 1. The fourth-order valence-corrected chi connectivity index (χ4v) is 3.29. The molecule has 0 saturated heterocycles. The molecular formula is C24H21N3O2. The molecule has 3 aromatic rings. The van der Waals surface area contributed by atoms with Gasteiger partial charge in [-0.15, -0.1) is 0 Å². The summed E-state index contributed by atoms with van der Waals surface area (Å²) in [6, 6.07) is 27.0. The van der Waals surface area contributed by atoms with Gasteiger partial charge in [0.2, 0.25) is 5.91 Å². The Morgan fingerprint density at radius 2 is 1.52 bits per heavy atom. The predicted molar refractivity (Wildman–Crippen MR) is 115 cm³/mol. The van der Waals surface area contributed by atoms with Crippen molar-refractivity contribution in [1.29, 1.82) is 0 Å². The minimum atomic E-state index is -0.279. The minimum Gasteiger partial charge on any atom is -0.321 e. The number of anilines is 2. The Balaban J connectivity index is 1.54. The number of hydrogen-bond acceptors (Lipinski definition) is 3. The lowest BCUT2D eigenvalue weighted by atomic mass is 10.0. The van der Waals surface area contributed by atoms with E-state index in [2.05, 4.69) is 22.6 Å². The second kappa shape index (κ2) is 8.52. The van der Waals surface area contributed by atoms with Crippen LogP contribution in [0.4, 0.5) is 11.4 Å². The van der Waals surface area contributed by atoms with Crippen LogP contribution >= 0.6 is 0 Å². The Hall–Kier alpha value is -3.73. The van der Waals surface area contributed by atoms with E-state index in [1.807, 2.05) is 60.7 Å². The van der Waals surface area contributed by atoms with Gasteiger partial charge in [-0.05, 0) is 35.7 Å². The van der Waals surface area contributed by atoms with Crippen LogP contribution in [0.5, 0.6) is 0 Å². The first kappa shape index (κ1) is 18.6. The van der Waals surface area contributed by atoms with E-state index in [0.29, 0.717) is 17.8 Å². The molecule has 0 unspecified atom stereocenters. The van der Waals surface area contributed by atoms with Crippen molar-refractivity contribution in [2.24, 2.45) is 5.10 Å². The monoisotopic (exact) mass is 383 g/mol. The maximum atomic E-state index is 12.9. The Morgan fingerprint density at radius 1 is 0.862 bits per heavy atom. The van der Waals surface area contributed by atoms with Crippen LogP contribution in [-0.4, -0.2) is 17.5 Å². The maximum absolute atomic E-state index is 12.9. The van der Waals surface area contributed by atoms with E-state index in [-0.39, 0.29) is 18.2 Å². The quantitative estimate of drug-likeness (QED) is 0.710. The molecule has 1 aliphatic rings. The molecule has 0 saturated carbocycles. The number of nitrogens with zero attached hydrogens (tertiary/aromatic N) is 2. The number of amides is 2. The van der Waals surface area contributed by atoms with Gasteiger partial charge in [0.25, 0.3) is 5.91 Å². The number of nitrogens with one attached hydrogen (secondary N) is 1. The maximum Gasteiger partial charge on any atom is 0.271 e. The molecule has 0 fully saturated rings. The standard InChI is InChI=1S/C24H21N3O2/c28-23-16-15-22(26-27(23)20-12-5-2-6-13-20)24(29)25-21-14-8-7-11-19(21)17-18-9-3-1-4-10-18/h1-14H,15-17H2,(H,25,29). The third-order valence-electron chi connectivity index (χ3n) is 4.80. The van der Waals surface area contributed by atoms with Crippen LogP contribution in [-0.2, 0) is 16.0 Å². The molecule has 0 aromatic heterocycles. The summed E-state index contributed by atoms with van der Waals surface area (Å²) in [7, 11) is 0. The van der Waals surface area contributed by atoms with Crippen LogP contribution in [0, 0.1) is 0 Å². The van der Waals surface area contributed by atoms with Crippen molar-refractivity contribution >= 4 is 28.9 Å². The summed E-state index contributed by atoms with van der Waals surface area (Å²) in [4.78, 5) is 25.1. The van der Waals surface area contributed by atoms with Gasteiger partial charge in [0.1, 0.15) is 5.71 Å². The average Bonchev–Trinajstić information content (AvgIpc) is 2.77. The van der Waals surface area contributed by atoms with Gasteiger partial charge >= 0.3 is 0 Å². The van der Waals surface area contributed by atoms with E-state index in [1.165, 1.54) is 10.6 Å². The summed E-state index contributed by atoms with van der Waals surface area (Å²) in [5, 5.41) is 8.62. The molecule has 5 heteroatoms. The van der Waals surface area contributed by atoms with E-state index in [4.69, 9.17) is 0 Å². The van der Waals surface area contributed by atoms with Crippen molar-refractivity contribution < 1.29 is 9.59 Å². The Labute approximate surface area is 169 Å². The topological polar surface area (TPSA) is 61.8 Å². The number of rotatable bonds is 5. The van der Waals surface area contributed by atoms with Gasteiger partial charge < -0.3 is 5.32 Å². The molecule has 0 radical (unpaired) electrons. The van der Waals surface area contributed by atoms with Crippen molar-refractivity contribution in [3.05, 3.63) is 96.1 Å². The largest absolute Gasteiger partial charge is 0.321 e. The van der Waals surface area contributed by atoms with Crippen molar-refractivity contribution in [1.82, 2.24) is 0 Å². The smallest absolute Gasteiger partial charge is 0.271 e. The van der Waals surface area contributed by atoms with Gasteiger partial charge in [-0.1, -0.05) is 66.7 Å². The fourth-order valence-electron chi connectivity index (χ4n) is 3.29. The SMILES string of the molecule is O=C(Nc1ccccc1Cc1ccccc1)C1=NN(c2ccccc2)C(=O)CC1. The molecule has 0 bridgehead atoms. The predicted octanol–water partition coefficient (Wildman–Crippen LogP) is 4.40. The summed E-state index contributed by atoms with van der Waals surface area (Å²) in [5.41, 5.74) is 3.96. The van der Waals surface area contributed by atoms with Crippen molar-refractivity contribution in [2.75, 3.05) is 10.3 Å². The van der Waals surface area contributed by atoms with Crippen LogP contribution in [0.25, 0.3) is 0 Å². The number of para-hydroxylation sites is 2. The molecule has 0 atom stereocenters. The van der Waals surface area contributed by atoms with Crippen LogP contribution in [0.15, 0.2) is 90.0 Å². The second-order valence-corrected chi connectivity index (χ2v) is 6.86. The molecule has 144 valence electrons. The van der Waals surface area contributed by atoms with Crippen molar-refractivity contribution in [3.63, 3.8) is 0 Å². The van der Waals surface area contributed by atoms with E-state index >= 15 is 0 Å². The van der Waals surface area contributed by atoms with E-state index < -0.39 is 0 Å². The van der Waals surface area contributed by atoms with Crippen LogP contribution in [0.1, 0.15) is 24.0 Å². The lowest BCUT2D eigenvalue weighted by Crippen LogP contribution is -2.36. The van der Waals surface area contributed by atoms with Gasteiger partial charge in [-0.3, -0.25) is 9.59 Å². The molecule has 1 heterocycles. The number of carbonyl (C=O) groups excluding carboxylic acids is 2. The van der Waals surface area contributed by atoms with Crippen molar-refractivity contribution in [3.8, 4) is 0 Å². The lowest BCUT2D eigenvalue weighted by Gasteiger charge is -2.23. The highest BCUT2D eigenvalue weighted by Gasteiger charge is 2.25. The first-order valence-corrected chi connectivity index (χ1v) is 9.59. The van der Waals surface area contributed by atoms with Gasteiger partial charge in [-0.25, -0.2) is 5.01 Å². The Kier molecular flexibility index (Phi) is 5.47. The molecule has 3 aromatic carbocycles. The molecule has 4 rings (SSSR count). The summed E-state index contributed by atoms with van der Waals surface area (Å²) in [6.45, 7) is 0. The zero-order chi connectivity index (χ0) is 20.1. The van der Waals surface area contributed by atoms with Crippen molar-refractivity contribution in [2.45, 2.75) is 19.3 Å². The van der Waals surface area contributed by atoms with Gasteiger partial charge in [0, 0.05) is 18.5 Å². The average molecular weight is 383 g/mol. The van der Waals surface area contributed by atoms with Gasteiger partial charge in [-0.2, -0.15) is 5.10 Å². The Morgan fingerprint density at radius 3 is 2.28 bits per heavy atom. The highest BCUT2D eigenvalue weighted by Crippen LogP contribution is 2.22. The molecule has 1 N–H and O–H groups in total. The molecular weight excluding hydrogens is 362 g/mol. The summed E-state index contributed by atoms with van der Waals surface area (Å²) < 4.78 is 0.